The third-order valence-electron chi connectivity index (χ3n) is 6.21. The van der Waals surface area contributed by atoms with E-state index in [4.69, 9.17) is 4.74 Å². The monoisotopic (exact) mass is 307 g/mol. The van der Waals surface area contributed by atoms with Crippen molar-refractivity contribution in [2.24, 2.45) is 17.3 Å². The number of likely N-dealkylation sites (tertiary alicyclic amines) is 1. The molecule has 5 nitrogen and oxygen atoms in total. The van der Waals surface area contributed by atoms with Crippen molar-refractivity contribution in [3.05, 3.63) is 0 Å². The van der Waals surface area contributed by atoms with Crippen LogP contribution < -0.4 is 10.6 Å². The van der Waals surface area contributed by atoms with Gasteiger partial charge in [0.05, 0.1) is 6.10 Å². The van der Waals surface area contributed by atoms with E-state index in [2.05, 4.69) is 29.4 Å². The number of hydrogen-bond donors (Lipinski definition) is 2. The molecule has 2 aliphatic carbocycles. The summed E-state index contributed by atoms with van der Waals surface area (Å²) in [5.74, 6) is 1.44. The highest BCUT2D eigenvalue weighted by molar-refractivity contribution is 5.75. The zero-order valence-electron chi connectivity index (χ0n) is 13.8. The van der Waals surface area contributed by atoms with Gasteiger partial charge < -0.3 is 20.3 Å². The Hall–Kier alpha value is -0.810. The SMILES string of the molecule is CC1(C)[C@H](NC(=O)N[C@@H]2CCN(CC3CC3)C2)[C@H]2CCO[C@H]21. The minimum atomic E-state index is 0.0155. The largest absolute Gasteiger partial charge is 0.377 e. The Morgan fingerprint density at radius 3 is 2.82 bits per heavy atom. The van der Waals surface area contributed by atoms with Gasteiger partial charge in [0, 0.05) is 49.7 Å². The predicted octanol–water partition coefficient (Wildman–Crippen LogP) is 1.58. The fraction of sp³-hybridized carbons (Fsp3) is 0.941. The van der Waals surface area contributed by atoms with Crippen LogP contribution >= 0.6 is 0 Å². The van der Waals surface area contributed by atoms with Gasteiger partial charge in [0.2, 0.25) is 0 Å². The molecule has 5 heteroatoms. The second kappa shape index (κ2) is 5.38. The van der Waals surface area contributed by atoms with Crippen LogP contribution in [0.15, 0.2) is 0 Å². The molecule has 0 aromatic rings. The average Bonchev–Trinajstić information content (AvgIpc) is 3.00. The lowest BCUT2D eigenvalue weighted by atomic mass is 9.57. The average molecular weight is 307 g/mol. The van der Waals surface area contributed by atoms with Crippen molar-refractivity contribution in [2.75, 3.05) is 26.2 Å². The molecular formula is C17H29N3O2. The van der Waals surface area contributed by atoms with Gasteiger partial charge in [-0.15, -0.1) is 0 Å². The Labute approximate surface area is 133 Å². The fourth-order valence-electron chi connectivity index (χ4n) is 4.77. The zero-order chi connectivity index (χ0) is 15.3. The van der Waals surface area contributed by atoms with Crippen LogP contribution in [-0.4, -0.2) is 55.4 Å². The van der Waals surface area contributed by atoms with E-state index in [0.717, 1.165) is 38.5 Å². The summed E-state index contributed by atoms with van der Waals surface area (Å²) >= 11 is 0. The lowest BCUT2D eigenvalue weighted by Crippen LogP contribution is -2.68. The van der Waals surface area contributed by atoms with Crippen molar-refractivity contribution in [2.45, 2.75) is 57.7 Å². The predicted molar refractivity (Wildman–Crippen MR) is 84.7 cm³/mol. The standard InChI is InChI=1S/C17H29N3O2/c1-17(2)14(13-6-8-22-15(13)17)19-16(21)18-12-5-7-20(10-12)9-11-3-4-11/h11-15H,3-10H2,1-2H3,(H2,18,19,21)/t12-,13-,14-,15-/m1/s1. The number of nitrogens with zero attached hydrogens (tertiary/aromatic N) is 1. The van der Waals surface area contributed by atoms with Crippen molar-refractivity contribution >= 4 is 6.03 Å². The van der Waals surface area contributed by atoms with Gasteiger partial charge in [-0.3, -0.25) is 0 Å². The molecule has 2 saturated heterocycles. The topological polar surface area (TPSA) is 53.6 Å². The van der Waals surface area contributed by atoms with E-state index in [1.165, 1.54) is 19.4 Å². The van der Waals surface area contributed by atoms with Crippen LogP contribution in [0.3, 0.4) is 0 Å². The van der Waals surface area contributed by atoms with E-state index in [1.54, 1.807) is 0 Å². The molecular weight excluding hydrogens is 278 g/mol. The Morgan fingerprint density at radius 1 is 1.23 bits per heavy atom. The molecule has 4 atom stereocenters. The number of hydrogen-bond acceptors (Lipinski definition) is 3. The summed E-state index contributed by atoms with van der Waals surface area (Å²) in [5.41, 5.74) is 0.0617. The van der Waals surface area contributed by atoms with Crippen molar-refractivity contribution in [1.29, 1.82) is 0 Å². The number of fused-ring (bicyclic) bond motifs is 1. The smallest absolute Gasteiger partial charge is 0.315 e. The molecule has 22 heavy (non-hydrogen) atoms. The zero-order valence-corrected chi connectivity index (χ0v) is 13.8. The molecule has 4 rings (SSSR count). The quantitative estimate of drug-likeness (QED) is 0.829. The molecule has 2 saturated carbocycles. The Morgan fingerprint density at radius 2 is 2.05 bits per heavy atom. The van der Waals surface area contributed by atoms with Gasteiger partial charge in [-0.2, -0.15) is 0 Å². The molecule has 4 fully saturated rings. The first-order valence-electron chi connectivity index (χ1n) is 8.95. The third kappa shape index (κ3) is 2.62. The lowest BCUT2D eigenvalue weighted by Gasteiger charge is -2.54. The molecule has 0 unspecified atom stereocenters. The first-order chi connectivity index (χ1) is 10.5. The first kappa shape index (κ1) is 14.8. The number of urea groups is 1. The van der Waals surface area contributed by atoms with Gasteiger partial charge in [-0.25, -0.2) is 4.79 Å². The number of carbonyl (C=O) groups is 1. The molecule has 0 spiro atoms. The maximum absolute atomic E-state index is 12.3. The van der Waals surface area contributed by atoms with Crippen molar-refractivity contribution in [3.63, 3.8) is 0 Å². The highest BCUT2D eigenvalue weighted by Gasteiger charge is 2.59. The van der Waals surface area contributed by atoms with E-state index >= 15 is 0 Å². The molecule has 2 aliphatic heterocycles. The Kier molecular flexibility index (Phi) is 3.61. The second-order valence-corrected chi connectivity index (χ2v) is 8.35. The van der Waals surface area contributed by atoms with Crippen molar-refractivity contribution < 1.29 is 9.53 Å². The number of ether oxygens (including phenoxy) is 1. The molecule has 0 aromatic heterocycles. The molecule has 4 aliphatic rings. The van der Waals surface area contributed by atoms with Crippen LogP contribution in [0.5, 0.6) is 0 Å². The summed E-state index contributed by atoms with van der Waals surface area (Å²) in [6, 6.07) is 0.586. The lowest BCUT2D eigenvalue weighted by molar-refractivity contribution is -0.108. The highest BCUT2D eigenvalue weighted by atomic mass is 16.5. The van der Waals surface area contributed by atoms with E-state index < -0.39 is 0 Å². The minimum Gasteiger partial charge on any atom is -0.377 e. The number of carbonyl (C=O) groups excluding carboxylic acids is 1. The van der Waals surface area contributed by atoms with Gasteiger partial charge in [0.1, 0.15) is 0 Å². The third-order valence-corrected chi connectivity index (χ3v) is 6.21. The van der Waals surface area contributed by atoms with Crippen molar-refractivity contribution in [1.82, 2.24) is 15.5 Å². The molecule has 2 N–H and O–H groups in total. The van der Waals surface area contributed by atoms with Gasteiger partial charge >= 0.3 is 6.03 Å². The van der Waals surface area contributed by atoms with E-state index in [9.17, 15) is 4.79 Å². The molecule has 0 aromatic carbocycles. The van der Waals surface area contributed by atoms with Gasteiger partial charge in [-0.1, -0.05) is 13.8 Å². The summed E-state index contributed by atoms with van der Waals surface area (Å²) in [6.45, 7) is 8.64. The van der Waals surface area contributed by atoms with E-state index in [0.29, 0.717) is 18.1 Å². The molecule has 0 radical (unpaired) electrons. The molecule has 2 amide bonds. The van der Waals surface area contributed by atoms with Crippen LogP contribution in [0.4, 0.5) is 4.79 Å². The van der Waals surface area contributed by atoms with Gasteiger partial charge in [-0.05, 0) is 31.6 Å². The fourth-order valence-corrected chi connectivity index (χ4v) is 4.77. The Bertz CT molecular complexity index is 449. The summed E-state index contributed by atoms with van der Waals surface area (Å²) in [6.07, 6.45) is 5.30. The van der Waals surface area contributed by atoms with Crippen LogP contribution in [-0.2, 0) is 4.74 Å². The first-order valence-corrected chi connectivity index (χ1v) is 8.95. The maximum atomic E-state index is 12.3. The number of nitrogens with one attached hydrogen (secondary N) is 2. The number of rotatable bonds is 4. The summed E-state index contributed by atoms with van der Waals surface area (Å²) in [7, 11) is 0. The summed E-state index contributed by atoms with van der Waals surface area (Å²) in [4.78, 5) is 14.8. The molecule has 2 heterocycles. The van der Waals surface area contributed by atoms with Crippen LogP contribution in [0.1, 0.15) is 39.5 Å². The Balaban J connectivity index is 1.25. The van der Waals surface area contributed by atoms with Gasteiger partial charge in [0.15, 0.2) is 0 Å². The normalized spacial score (nSPS) is 40.1. The van der Waals surface area contributed by atoms with Gasteiger partial charge in [0.25, 0.3) is 0 Å². The maximum Gasteiger partial charge on any atom is 0.315 e. The summed E-state index contributed by atoms with van der Waals surface area (Å²) < 4.78 is 5.79. The summed E-state index contributed by atoms with van der Waals surface area (Å²) in [5, 5.41) is 6.41. The number of amides is 2. The van der Waals surface area contributed by atoms with E-state index in [1.807, 2.05) is 0 Å². The molecule has 0 bridgehead atoms. The van der Waals surface area contributed by atoms with Crippen molar-refractivity contribution in [3.8, 4) is 0 Å². The molecule has 124 valence electrons. The second-order valence-electron chi connectivity index (χ2n) is 8.35. The van der Waals surface area contributed by atoms with Crippen LogP contribution in [0.2, 0.25) is 0 Å². The van der Waals surface area contributed by atoms with E-state index in [-0.39, 0.29) is 17.5 Å². The highest BCUT2D eigenvalue weighted by Crippen LogP contribution is 2.52. The van der Waals surface area contributed by atoms with Crippen LogP contribution in [0.25, 0.3) is 0 Å². The minimum absolute atomic E-state index is 0.0155. The van der Waals surface area contributed by atoms with Crippen LogP contribution in [0, 0.1) is 17.3 Å².